The molecule has 45 heavy (non-hydrogen) atoms. The summed E-state index contributed by atoms with van der Waals surface area (Å²) in [5.41, 5.74) is 7.56. The Labute approximate surface area is 267 Å². The fourth-order valence-electron chi connectivity index (χ4n) is 7.15. The van der Waals surface area contributed by atoms with Crippen molar-refractivity contribution in [2.75, 3.05) is 38.6 Å². The van der Waals surface area contributed by atoms with E-state index in [0.29, 0.717) is 36.3 Å². The van der Waals surface area contributed by atoms with Crippen molar-refractivity contribution in [1.82, 2.24) is 25.1 Å². The lowest BCUT2D eigenvalue weighted by Gasteiger charge is -2.40. The highest BCUT2D eigenvalue weighted by atomic mass is 16.3. The summed E-state index contributed by atoms with van der Waals surface area (Å²) in [7, 11) is 4.33. The van der Waals surface area contributed by atoms with Crippen molar-refractivity contribution in [3.63, 3.8) is 0 Å². The maximum Gasteiger partial charge on any atom is 0.253 e. The second kappa shape index (κ2) is 14.3. The molecule has 3 heterocycles. The van der Waals surface area contributed by atoms with Gasteiger partial charge in [-0.05, 0) is 115 Å². The number of H-pyrrole nitrogens is 1. The van der Waals surface area contributed by atoms with E-state index < -0.39 is 0 Å². The van der Waals surface area contributed by atoms with Crippen molar-refractivity contribution in [1.29, 1.82) is 0 Å². The van der Waals surface area contributed by atoms with Crippen LogP contribution in [0.4, 0.5) is 5.69 Å². The summed E-state index contributed by atoms with van der Waals surface area (Å²) in [5, 5.41) is 13.0. The van der Waals surface area contributed by atoms with Gasteiger partial charge in [0.25, 0.3) is 11.5 Å². The minimum absolute atomic E-state index is 0.159. The molecule has 1 aliphatic heterocycles. The Kier molecular flexibility index (Phi) is 10.4. The van der Waals surface area contributed by atoms with Crippen molar-refractivity contribution in [2.24, 2.45) is 0 Å². The average Bonchev–Trinajstić information content (AvgIpc) is 3.42. The number of pyridine rings is 2. The van der Waals surface area contributed by atoms with E-state index in [-0.39, 0.29) is 24.1 Å². The van der Waals surface area contributed by atoms with Crippen LogP contribution in [0.25, 0.3) is 11.1 Å². The Morgan fingerprint density at radius 3 is 2.38 bits per heavy atom. The summed E-state index contributed by atoms with van der Waals surface area (Å²) in [6.07, 6.45) is 6.97. The van der Waals surface area contributed by atoms with E-state index in [9.17, 15) is 14.7 Å². The number of hydrogen-bond acceptors (Lipinski definition) is 7. The number of hydrogen-bond donors (Lipinski definition) is 3. The van der Waals surface area contributed by atoms with Crippen molar-refractivity contribution in [2.45, 2.75) is 91.1 Å². The molecule has 1 amide bonds. The molecule has 9 nitrogen and oxygen atoms in total. The number of carbonyl (C=O) groups excluding carboxylic acids is 1. The monoisotopic (exact) mass is 614 g/mol. The van der Waals surface area contributed by atoms with Crippen LogP contribution in [0.2, 0.25) is 0 Å². The topological polar surface area (TPSA) is 105 Å². The number of likely N-dealkylation sites (tertiary alicyclic amines) is 1. The van der Waals surface area contributed by atoms with Crippen molar-refractivity contribution >= 4 is 11.6 Å². The molecule has 2 fully saturated rings. The van der Waals surface area contributed by atoms with Crippen LogP contribution in [0.5, 0.6) is 0 Å². The van der Waals surface area contributed by atoms with Gasteiger partial charge in [-0.3, -0.25) is 19.5 Å². The molecular weight excluding hydrogens is 564 g/mol. The summed E-state index contributed by atoms with van der Waals surface area (Å²) in [4.78, 5) is 41.2. The van der Waals surface area contributed by atoms with Crippen molar-refractivity contribution < 1.29 is 9.90 Å². The first-order valence-corrected chi connectivity index (χ1v) is 16.4. The van der Waals surface area contributed by atoms with Gasteiger partial charge in [0.1, 0.15) is 0 Å². The van der Waals surface area contributed by atoms with Gasteiger partial charge in [-0.1, -0.05) is 6.07 Å². The molecule has 0 bridgehead atoms. The lowest BCUT2D eigenvalue weighted by atomic mass is 9.88. The number of rotatable bonds is 10. The molecule has 3 N–H and O–H groups in total. The third-order valence-corrected chi connectivity index (χ3v) is 9.82. The smallest absolute Gasteiger partial charge is 0.253 e. The Hall–Kier alpha value is -3.53. The number of benzene rings is 1. The van der Waals surface area contributed by atoms with Crippen LogP contribution in [0.3, 0.4) is 0 Å². The van der Waals surface area contributed by atoms with E-state index in [4.69, 9.17) is 4.98 Å². The van der Waals surface area contributed by atoms with Gasteiger partial charge in [0.15, 0.2) is 0 Å². The van der Waals surface area contributed by atoms with Crippen LogP contribution in [-0.2, 0) is 13.1 Å². The van der Waals surface area contributed by atoms with Crippen LogP contribution >= 0.6 is 0 Å². The molecule has 2 aliphatic rings. The predicted molar refractivity (Wildman–Crippen MR) is 181 cm³/mol. The van der Waals surface area contributed by atoms with Crippen molar-refractivity contribution in [3.8, 4) is 11.1 Å². The quantitative estimate of drug-likeness (QED) is 0.308. The minimum Gasteiger partial charge on any atom is -0.392 e. The molecule has 2 aromatic heterocycles. The number of amides is 1. The summed E-state index contributed by atoms with van der Waals surface area (Å²) >= 11 is 0. The zero-order valence-electron chi connectivity index (χ0n) is 27.8. The highest BCUT2D eigenvalue weighted by molar-refractivity contribution is 5.99. The molecule has 1 atom stereocenters. The van der Waals surface area contributed by atoms with Gasteiger partial charge in [-0.15, -0.1) is 0 Å². The number of anilines is 1. The van der Waals surface area contributed by atoms with Gasteiger partial charge < -0.3 is 25.2 Å². The van der Waals surface area contributed by atoms with Gasteiger partial charge >= 0.3 is 0 Å². The molecule has 0 unspecified atom stereocenters. The number of nitrogens with one attached hydrogen (secondary N) is 2. The number of β-amino-alcohol motifs (C(OH)–C–C–N with tert-alkyl or cyclic N) is 1. The predicted octanol–water partition coefficient (Wildman–Crippen LogP) is 4.56. The SMILES string of the molecule is CCN(c1cc(-c2ccc(CN3CC[C@H](O)C3)nc2)cc(C(=O)NCc2c(C)cc(C)[nH]c2=O)c1C)[C@H]1CC[C@H](N(C)C)CC1. The van der Waals surface area contributed by atoms with Crippen LogP contribution < -0.4 is 15.8 Å². The van der Waals surface area contributed by atoms with Crippen molar-refractivity contribution in [3.05, 3.63) is 80.5 Å². The molecule has 0 radical (unpaired) electrons. The largest absolute Gasteiger partial charge is 0.392 e. The summed E-state index contributed by atoms with van der Waals surface area (Å²) in [6, 6.07) is 11.3. The van der Waals surface area contributed by atoms with Crippen LogP contribution in [0.15, 0.2) is 41.3 Å². The normalized spacial score (nSPS) is 20.5. The summed E-state index contributed by atoms with van der Waals surface area (Å²) in [6.45, 7) is 11.3. The molecule has 1 aliphatic carbocycles. The summed E-state index contributed by atoms with van der Waals surface area (Å²) in [5.74, 6) is -0.195. The van der Waals surface area contributed by atoms with E-state index in [2.05, 4.69) is 58.2 Å². The van der Waals surface area contributed by atoms with E-state index >= 15 is 0 Å². The fourth-order valence-corrected chi connectivity index (χ4v) is 7.15. The van der Waals surface area contributed by atoms with E-state index in [1.807, 2.05) is 45.2 Å². The summed E-state index contributed by atoms with van der Waals surface area (Å²) < 4.78 is 0. The standard InChI is InChI=1S/C36H50N6O3/c1-7-42(30-12-10-29(11-13-30)40(5)6)34-18-27(26-8-9-28(37-19-26)21-41-15-14-31(43)22-41)17-32(25(34)4)35(44)38-20-33-23(2)16-24(3)39-36(33)45/h8-9,16-19,29-31,43H,7,10-15,20-22H2,1-6H3,(H,38,44)(H,39,45)/t29-,30-,31-/m0/s1. The van der Waals surface area contributed by atoms with Crippen LogP contribution in [-0.4, -0.2) is 82.7 Å². The lowest BCUT2D eigenvalue weighted by Crippen LogP contribution is -2.42. The molecule has 1 saturated heterocycles. The molecule has 9 heteroatoms. The van der Waals surface area contributed by atoms with Crippen LogP contribution in [0, 0.1) is 20.8 Å². The highest BCUT2D eigenvalue weighted by Crippen LogP contribution is 2.35. The van der Waals surface area contributed by atoms with E-state index in [0.717, 1.165) is 84.5 Å². The molecule has 0 spiro atoms. The molecule has 3 aromatic rings. The number of aryl methyl sites for hydroxylation is 2. The Morgan fingerprint density at radius 2 is 1.78 bits per heavy atom. The number of aliphatic hydroxyl groups is 1. The van der Waals surface area contributed by atoms with Gasteiger partial charge in [0, 0.05) is 79.1 Å². The first-order valence-electron chi connectivity index (χ1n) is 16.4. The van der Waals surface area contributed by atoms with E-state index in [1.165, 1.54) is 0 Å². The number of aromatic amines is 1. The third-order valence-electron chi connectivity index (χ3n) is 9.82. The third kappa shape index (κ3) is 7.65. The first kappa shape index (κ1) is 32.9. The van der Waals surface area contributed by atoms with Gasteiger partial charge in [-0.2, -0.15) is 0 Å². The fraction of sp³-hybridized carbons (Fsp3) is 0.528. The number of aliphatic hydroxyl groups excluding tert-OH is 1. The molecule has 5 rings (SSSR count). The number of nitrogens with zero attached hydrogens (tertiary/aromatic N) is 4. The maximum absolute atomic E-state index is 13.9. The second-order valence-corrected chi connectivity index (χ2v) is 13.2. The second-order valence-electron chi connectivity index (χ2n) is 13.2. The minimum atomic E-state index is -0.257. The number of aromatic nitrogens is 2. The Bertz CT molecular complexity index is 1540. The molecular formula is C36H50N6O3. The molecule has 1 saturated carbocycles. The maximum atomic E-state index is 13.9. The molecule has 242 valence electrons. The molecule has 1 aromatic carbocycles. The van der Waals surface area contributed by atoms with E-state index in [1.54, 1.807) is 0 Å². The van der Waals surface area contributed by atoms with Gasteiger partial charge in [0.05, 0.1) is 11.8 Å². The Balaban J connectivity index is 1.46. The van der Waals surface area contributed by atoms with Gasteiger partial charge in [0.2, 0.25) is 0 Å². The zero-order chi connectivity index (χ0) is 32.2. The van der Waals surface area contributed by atoms with Gasteiger partial charge in [-0.25, -0.2) is 0 Å². The first-order chi connectivity index (χ1) is 21.5. The average molecular weight is 615 g/mol. The van der Waals surface area contributed by atoms with Crippen LogP contribution in [0.1, 0.15) is 77.5 Å². The lowest BCUT2D eigenvalue weighted by molar-refractivity contribution is 0.0950. The number of carbonyl (C=O) groups is 1. The Morgan fingerprint density at radius 1 is 1.04 bits per heavy atom. The zero-order valence-corrected chi connectivity index (χ0v) is 27.8. The highest BCUT2D eigenvalue weighted by Gasteiger charge is 2.29.